The summed E-state index contributed by atoms with van der Waals surface area (Å²) in [6, 6.07) is 6.93. The van der Waals surface area contributed by atoms with E-state index in [1.807, 2.05) is 0 Å². The van der Waals surface area contributed by atoms with Crippen molar-refractivity contribution in [3.8, 4) is 0 Å². The van der Waals surface area contributed by atoms with Crippen LogP contribution in [0.1, 0.15) is 37.3 Å². The molecule has 128 valence electrons. The van der Waals surface area contributed by atoms with Gasteiger partial charge in [-0.15, -0.1) is 0 Å². The molecule has 24 heavy (non-hydrogen) atoms. The molecule has 1 aliphatic heterocycles. The maximum absolute atomic E-state index is 12.7. The van der Waals surface area contributed by atoms with E-state index in [2.05, 4.69) is 60.6 Å². The highest BCUT2D eigenvalue weighted by Gasteiger charge is 2.51. The van der Waals surface area contributed by atoms with Crippen molar-refractivity contribution in [1.29, 1.82) is 0 Å². The van der Waals surface area contributed by atoms with Crippen molar-refractivity contribution in [2.24, 2.45) is 17.2 Å². The molecule has 0 radical (unpaired) electrons. The third-order valence-electron chi connectivity index (χ3n) is 6.48. The normalized spacial score (nSPS) is 29.7. The summed E-state index contributed by atoms with van der Waals surface area (Å²) < 4.78 is 0. The molecular formula is C19H26N4O. The van der Waals surface area contributed by atoms with E-state index in [4.69, 9.17) is 5.84 Å². The molecule has 1 aromatic carbocycles. The summed E-state index contributed by atoms with van der Waals surface area (Å²) in [5, 5.41) is 1.36. The number of amides is 1. The molecule has 0 spiro atoms. The maximum Gasteiger partial charge on any atom is 0.241 e. The number of carbonyl (C=O) groups is 1. The molecule has 2 heterocycles. The fraction of sp³-hybridized carbons (Fsp3) is 0.526. The van der Waals surface area contributed by atoms with Crippen LogP contribution in [0.5, 0.6) is 0 Å². The first-order valence-electron chi connectivity index (χ1n) is 8.78. The van der Waals surface area contributed by atoms with E-state index >= 15 is 0 Å². The highest BCUT2D eigenvalue weighted by Crippen LogP contribution is 2.50. The molecule has 1 fully saturated rings. The number of hydrazine groups is 1. The number of benzene rings is 1. The van der Waals surface area contributed by atoms with Crippen molar-refractivity contribution >= 4 is 16.8 Å². The molecule has 2 aromatic rings. The monoisotopic (exact) mass is 326 g/mol. The first kappa shape index (κ1) is 15.7. The van der Waals surface area contributed by atoms with Gasteiger partial charge in [-0.1, -0.05) is 26.0 Å². The topological polar surface area (TPSA) is 74.1 Å². The van der Waals surface area contributed by atoms with Crippen molar-refractivity contribution in [3.05, 3.63) is 35.5 Å². The molecule has 5 nitrogen and oxygen atoms in total. The summed E-state index contributed by atoms with van der Waals surface area (Å²) in [6.07, 6.45) is 4.04. The lowest BCUT2D eigenvalue weighted by Gasteiger charge is -2.52. The standard InChI is InChI=1S/C19H26N4O/c1-11(2)19(18(24)22-20)8-14-13-5-4-6-15-17(13)12(9-21-15)7-16(14)23(3)10-19/h4-6,9,11,14,16,21H,7-8,10,20H2,1-3H3,(H,22,24)/t14-,16-,19?/m1/s1. The zero-order chi connectivity index (χ0) is 17.1. The number of H-pyrrole nitrogens is 1. The number of likely N-dealkylation sites (N-methyl/N-ethyl adjacent to an activating group) is 1. The number of carbonyl (C=O) groups excluding carboxylic acids is 1. The Morgan fingerprint density at radius 2 is 2.25 bits per heavy atom. The number of nitrogens with zero attached hydrogens (tertiary/aromatic N) is 1. The fourth-order valence-corrected chi connectivity index (χ4v) is 5.05. The molecule has 4 rings (SSSR count). The predicted octanol–water partition coefficient (Wildman–Crippen LogP) is 2.14. The van der Waals surface area contributed by atoms with E-state index < -0.39 is 5.41 Å². The predicted molar refractivity (Wildman–Crippen MR) is 95.4 cm³/mol. The largest absolute Gasteiger partial charge is 0.361 e. The zero-order valence-electron chi connectivity index (χ0n) is 14.6. The van der Waals surface area contributed by atoms with Gasteiger partial charge in [0.25, 0.3) is 0 Å². The fourth-order valence-electron chi connectivity index (χ4n) is 5.05. The number of hydrogen-bond acceptors (Lipinski definition) is 3. The van der Waals surface area contributed by atoms with E-state index in [-0.39, 0.29) is 11.8 Å². The van der Waals surface area contributed by atoms with E-state index in [9.17, 15) is 4.79 Å². The van der Waals surface area contributed by atoms with Crippen LogP contribution in [0.2, 0.25) is 0 Å². The van der Waals surface area contributed by atoms with Gasteiger partial charge in [-0.05, 0) is 43.0 Å². The Bertz CT molecular complexity index is 796. The minimum Gasteiger partial charge on any atom is -0.361 e. The van der Waals surface area contributed by atoms with Gasteiger partial charge in [0.1, 0.15) is 0 Å². The van der Waals surface area contributed by atoms with Gasteiger partial charge in [0, 0.05) is 35.6 Å². The second-order valence-corrected chi connectivity index (χ2v) is 7.87. The van der Waals surface area contributed by atoms with Crippen LogP contribution in [0, 0.1) is 11.3 Å². The second-order valence-electron chi connectivity index (χ2n) is 7.87. The molecule has 1 amide bonds. The highest BCUT2D eigenvalue weighted by molar-refractivity contribution is 5.89. The minimum atomic E-state index is -0.444. The molecule has 2 aliphatic rings. The minimum absolute atomic E-state index is 0.0326. The van der Waals surface area contributed by atoms with Crippen LogP contribution < -0.4 is 11.3 Å². The van der Waals surface area contributed by atoms with Gasteiger partial charge >= 0.3 is 0 Å². The van der Waals surface area contributed by atoms with Gasteiger partial charge < -0.3 is 9.88 Å². The summed E-state index contributed by atoms with van der Waals surface area (Å²) in [4.78, 5) is 18.5. The van der Waals surface area contributed by atoms with Crippen molar-refractivity contribution in [2.45, 2.75) is 38.6 Å². The Kier molecular flexibility index (Phi) is 3.48. The summed E-state index contributed by atoms with van der Waals surface area (Å²) in [5.74, 6) is 6.11. The summed E-state index contributed by atoms with van der Waals surface area (Å²) in [7, 11) is 2.15. The van der Waals surface area contributed by atoms with Crippen LogP contribution in [0.25, 0.3) is 10.9 Å². The Morgan fingerprint density at radius 3 is 2.96 bits per heavy atom. The lowest BCUT2D eigenvalue weighted by Crippen LogP contribution is -2.60. The number of aromatic amines is 1. The third kappa shape index (κ3) is 1.98. The summed E-state index contributed by atoms with van der Waals surface area (Å²) in [5.41, 5.74) is 5.97. The van der Waals surface area contributed by atoms with E-state index in [1.54, 1.807) is 0 Å². The van der Waals surface area contributed by atoms with Crippen molar-refractivity contribution < 1.29 is 4.79 Å². The van der Waals surface area contributed by atoms with Gasteiger partial charge in [-0.25, -0.2) is 5.84 Å². The third-order valence-corrected chi connectivity index (χ3v) is 6.48. The van der Waals surface area contributed by atoms with Crippen LogP contribution in [0.4, 0.5) is 0 Å². The Hall–Kier alpha value is -1.85. The van der Waals surface area contributed by atoms with Gasteiger partial charge in [0.2, 0.25) is 5.91 Å². The number of hydrogen-bond donors (Lipinski definition) is 3. The molecule has 0 bridgehead atoms. The number of likely N-dealkylation sites (tertiary alicyclic amines) is 1. The second kappa shape index (κ2) is 5.33. The number of fused-ring (bicyclic) bond motifs is 2. The van der Waals surface area contributed by atoms with E-state index in [0.29, 0.717) is 12.0 Å². The van der Waals surface area contributed by atoms with Gasteiger partial charge in [-0.3, -0.25) is 10.2 Å². The molecule has 1 unspecified atom stereocenters. The number of aromatic nitrogens is 1. The van der Waals surface area contributed by atoms with Crippen LogP contribution in [0.3, 0.4) is 0 Å². The van der Waals surface area contributed by atoms with Gasteiger partial charge in [-0.2, -0.15) is 0 Å². The average Bonchev–Trinajstić information content (AvgIpc) is 2.99. The number of nitrogens with one attached hydrogen (secondary N) is 2. The van der Waals surface area contributed by atoms with Crippen LogP contribution in [-0.4, -0.2) is 35.4 Å². The highest BCUT2D eigenvalue weighted by atomic mass is 16.2. The molecule has 1 aromatic heterocycles. The average molecular weight is 326 g/mol. The molecule has 0 saturated carbocycles. The maximum atomic E-state index is 12.7. The quantitative estimate of drug-likeness (QED) is 0.450. The van der Waals surface area contributed by atoms with Crippen LogP contribution >= 0.6 is 0 Å². The van der Waals surface area contributed by atoms with E-state index in [0.717, 1.165) is 19.4 Å². The molecule has 1 saturated heterocycles. The SMILES string of the molecule is CC(C)C1(C(=O)NN)C[C@@H]2c3cccc4[nH]cc(c34)C[C@H]2N(C)C1. The summed E-state index contributed by atoms with van der Waals surface area (Å²) >= 11 is 0. The van der Waals surface area contributed by atoms with Gasteiger partial charge in [0.15, 0.2) is 0 Å². The zero-order valence-corrected chi connectivity index (χ0v) is 14.6. The van der Waals surface area contributed by atoms with Crippen molar-refractivity contribution in [1.82, 2.24) is 15.3 Å². The van der Waals surface area contributed by atoms with Crippen molar-refractivity contribution in [3.63, 3.8) is 0 Å². The lowest BCUT2D eigenvalue weighted by atomic mass is 9.62. The number of nitrogens with two attached hydrogens (primary N) is 1. The number of piperidine rings is 1. The first-order valence-corrected chi connectivity index (χ1v) is 8.78. The van der Waals surface area contributed by atoms with Gasteiger partial charge in [0.05, 0.1) is 5.41 Å². The molecular weight excluding hydrogens is 300 g/mol. The molecule has 3 atom stereocenters. The summed E-state index contributed by atoms with van der Waals surface area (Å²) in [6.45, 7) is 5.02. The Labute approximate surface area is 142 Å². The van der Waals surface area contributed by atoms with Crippen molar-refractivity contribution in [2.75, 3.05) is 13.6 Å². The molecule has 5 heteroatoms. The first-order chi connectivity index (χ1) is 11.5. The van der Waals surface area contributed by atoms with Crippen LogP contribution in [-0.2, 0) is 11.2 Å². The van der Waals surface area contributed by atoms with E-state index in [1.165, 1.54) is 22.0 Å². The van der Waals surface area contributed by atoms with Crippen LogP contribution in [0.15, 0.2) is 24.4 Å². The Morgan fingerprint density at radius 1 is 1.46 bits per heavy atom. The Balaban J connectivity index is 1.85. The number of rotatable bonds is 2. The molecule has 4 N–H and O–H groups in total. The lowest BCUT2D eigenvalue weighted by molar-refractivity contribution is -0.139. The molecule has 1 aliphatic carbocycles. The smallest absolute Gasteiger partial charge is 0.241 e.